The van der Waals surface area contributed by atoms with Crippen LogP contribution in [0.2, 0.25) is 0 Å². The van der Waals surface area contributed by atoms with Crippen molar-refractivity contribution in [1.29, 1.82) is 0 Å². The molecule has 4 atom stereocenters. The van der Waals surface area contributed by atoms with E-state index in [1.807, 2.05) is 4.90 Å². The first-order chi connectivity index (χ1) is 21.3. The molecule has 1 aliphatic rings. The lowest BCUT2D eigenvalue weighted by Crippen LogP contribution is -2.54. The van der Waals surface area contributed by atoms with Crippen LogP contribution >= 0.6 is 0 Å². The van der Waals surface area contributed by atoms with Crippen LogP contribution in [-0.2, 0) is 33.4 Å². The number of hydrogen-bond acceptors (Lipinski definition) is 12. The van der Waals surface area contributed by atoms with Gasteiger partial charge >= 0.3 is 29.8 Å². The van der Waals surface area contributed by atoms with Gasteiger partial charge in [-0.15, -0.1) is 0 Å². The van der Waals surface area contributed by atoms with Crippen LogP contribution in [0, 0.1) is 0 Å². The van der Waals surface area contributed by atoms with Crippen molar-refractivity contribution in [2.24, 2.45) is 0 Å². The largest absolute Gasteiger partial charge is 0.482 e. The van der Waals surface area contributed by atoms with Crippen molar-refractivity contribution in [2.75, 3.05) is 72.7 Å². The zero-order valence-corrected chi connectivity index (χ0v) is 26.6. The number of ether oxygens (including phenoxy) is 3. The molecule has 15 heteroatoms. The summed E-state index contributed by atoms with van der Waals surface area (Å²) < 4.78 is 15.5. The Kier molecular flexibility index (Phi) is 15.2. The van der Waals surface area contributed by atoms with Crippen LogP contribution in [0.3, 0.4) is 0 Å². The number of carboxylic acid groups (broad SMARTS) is 3. The third-order valence-corrected chi connectivity index (χ3v) is 8.06. The summed E-state index contributed by atoms with van der Waals surface area (Å²) in [5.41, 5.74) is 0.551. The number of aliphatic carboxylic acids is 3. The van der Waals surface area contributed by atoms with E-state index in [4.69, 9.17) is 14.2 Å². The van der Waals surface area contributed by atoms with Crippen molar-refractivity contribution in [1.82, 2.24) is 19.6 Å². The molecule has 3 N–H and O–H groups in total. The van der Waals surface area contributed by atoms with E-state index >= 15 is 0 Å². The number of carboxylic acids is 3. The number of carbonyl (C=O) groups excluding carboxylic acids is 2. The highest BCUT2D eigenvalue weighted by molar-refractivity contribution is 5.78. The van der Waals surface area contributed by atoms with E-state index in [-0.39, 0.29) is 65.6 Å². The highest BCUT2D eigenvalue weighted by Crippen LogP contribution is 2.25. The van der Waals surface area contributed by atoms with Crippen molar-refractivity contribution >= 4 is 29.8 Å². The Morgan fingerprint density at radius 3 is 1.40 bits per heavy atom. The molecule has 0 saturated carbocycles. The lowest BCUT2D eigenvalue weighted by molar-refractivity contribution is -0.149. The average Bonchev–Trinajstić information content (AvgIpc) is 3.00. The Hall–Kier alpha value is -3.79. The van der Waals surface area contributed by atoms with E-state index in [0.29, 0.717) is 11.3 Å². The van der Waals surface area contributed by atoms with Crippen LogP contribution in [-0.4, -0.2) is 156 Å². The van der Waals surface area contributed by atoms with E-state index < -0.39 is 54.0 Å². The summed E-state index contributed by atoms with van der Waals surface area (Å²) in [5, 5.41) is 29.3. The number of benzene rings is 1. The number of methoxy groups -OCH3 is 1. The quantitative estimate of drug-likeness (QED) is 0.253. The maximum atomic E-state index is 13.3. The van der Waals surface area contributed by atoms with Gasteiger partial charge in [-0.3, -0.25) is 34.0 Å². The van der Waals surface area contributed by atoms with Gasteiger partial charge in [0.25, 0.3) is 0 Å². The molecule has 1 aromatic rings. The number of nitrogens with zero attached hydrogens (tertiary/aromatic N) is 4. The molecule has 45 heavy (non-hydrogen) atoms. The second-order valence-electron chi connectivity index (χ2n) is 10.8. The topological polar surface area (TPSA) is 187 Å². The molecule has 0 aromatic heterocycles. The molecule has 0 amide bonds. The van der Waals surface area contributed by atoms with Crippen LogP contribution in [0.15, 0.2) is 24.3 Å². The molecule has 1 aromatic carbocycles. The van der Waals surface area contributed by atoms with E-state index in [1.165, 1.54) is 7.11 Å². The molecule has 252 valence electrons. The van der Waals surface area contributed by atoms with E-state index in [9.17, 15) is 39.3 Å². The smallest absolute Gasteiger partial charge is 0.344 e. The Morgan fingerprint density at radius 1 is 0.689 bits per heavy atom. The number of hydrogen-bond donors (Lipinski definition) is 3. The molecule has 15 nitrogen and oxygen atoms in total. The fraction of sp³-hybridized carbons (Fsp3) is 0.633. The molecule has 2 rings (SSSR count). The van der Waals surface area contributed by atoms with E-state index in [0.717, 1.165) is 0 Å². The predicted octanol–water partition coefficient (Wildman–Crippen LogP) is 0.484. The van der Waals surface area contributed by atoms with Crippen LogP contribution in [0.1, 0.15) is 39.3 Å². The number of esters is 2. The van der Waals surface area contributed by atoms with Crippen molar-refractivity contribution < 1.29 is 53.5 Å². The fourth-order valence-electron chi connectivity index (χ4n) is 5.06. The molecule has 1 fully saturated rings. The summed E-state index contributed by atoms with van der Waals surface area (Å²) in [6.07, 6.45) is 0. The number of rotatable bonds is 13. The minimum Gasteiger partial charge on any atom is -0.482 e. The second kappa shape index (κ2) is 18.2. The summed E-state index contributed by atoms with van der Waals surface area (Å²) in [4.78, 5) is 67.7. The Balaban J connectivity index is 2.46. The molecule has 4 unspecified atom stereocenters. The minimum atomic E-state index is -1.05. The minimum absolute atomic E-state index is 0.211. The van der Waals surface area contributed by atoms with Crippen molar-refractivity contribution in [3.05, 3.63) is 29.8 Å². The molecular weight excluding hydrogens is 592 g/mol. The molecule has 0 aliphatic carbocycles. The highest BCUT2D eigenvalue weighted by Gasteiger charge is 2.33. The molecular formula is C30H46N4O11. The van der Waals surface area contributed by atoms with Gasteiger partial charge in [0.15, 0.2) is 6.61 Å². The second-order valence-corrected chi connectivity index (χ2v) is 10.8. The van der Waals surface area contributed by atoms with Crippen molar-refractivity contribution in [2.45, 2.75) is 51.9 Å². The summed E-state index contributed by atoms with van der Waals surface area (Å²) in [7, 11) is 1.26. The van der Waals surface area contributed by atoms with Gasteiger partial charge in [0.1, 0.15) is 29.9 Å². The first kappa shape index (κ1) is 37.4. The maximum Gasteiger partial charge on any atom is 0.344 e. The van der Waals surface area contributed by atoms with Crippen molar-refractivity contribution in [3.63, 3.8) is 0 Å². The molecule has 1 heterocycles. The SMILES string of the molecule is CCOC(=O)COc1ccc(C(C(=O)OC)N2CCN(C(C)C(=O)O)CCN(C(C)C(=O)O)CCN(C(C)C(=O)O)CC2)cc1. The summed E-state index contributed by atoms with van der Waals surface area (Å²) in [5.74, 6) is -3.84. The molecule has 0 radical (unpaired) electrons. The standard InChI is InChI=1S/C30H46N4O11/c1-6-44-25(35)19-45-24-9-7-23(8-10-24)26(30(42)43-5)34-17-15-32(21(3)28(38)39)13-11-31(20(2)27(36)37)12-14-33(16-18-34)22(4)29(40)41/h7-10,20-22,26H,6,11-19H2,1-5H3,(H,36,37)(H,38,39)(H,40,41). The van der Waals surface area contributed by atoms with Gasteiger partial charge in [-0.05, 0) is 45.4 Å². The van der Waals surface area contributed by atoms with Gasteiger partial charge < -0.3 is 29.5 Å². The van der Waals surface area contributed by atoms with Gasteiger partial charge in [-0.1, -0.05) is 12.1 Å². The average molecular weight is 639 g/mol. The summed E-state index contributed by atoms with van der Waals surface area (Å²) >= 11 is 0. The normalized spacial score (nSPS) is 19.1. The Bertz CT molecular complexity index is 1110. The zero-order chi connectivity index (χ0) is 33.7. The van der Waals surface area contributed by atoms with Gasteiger partial charge in [0.05, 0.1) is 13.7 Å². The Labute approximate surface area is 263 Å². The summed E-state index contributed by atoms with van der Waals surface area (Å²) in [6, 6.07) is 2.96. The maximum absolute atomic E-state index is 13.3. The molecule has 1 saturated heterocycles. The predicted molar refractivity (Wildman–Crippen MR) is 161 cm³/mol. The lowest BCUT2D eigenvalue weighted by Gasteiger charge is -2.38. The van der Waals surface area contributed by atoms with Crippen LogP contribution < -0.4 is 4.74 Å². The van der Waals surface area contributed by atoms with Crippen LogP contribution in [0.25, 0.3) is 0 Å². The first-order valence-electron chi connectivity index (χ1n) is 14.9. The zero-order valence-electron chi connectivity index (χ0n) is 26.6. The third-order valence-electron chi connectivity index (χ3n) is 8.06. The fourth-order valence-corrected chi connectivity index (χ4v) is 5.06. The first-order valence-corrected chi connectivity index (χ1v) is 14.9. The lowest BCUT2D eigenvalue weighted by atomic mass is 10.0. The van der Waals surface area contributed by atoms with Gasteiger partial charge in [0, 0.05) is 52.4 Å². The van der Waals surface area contributed by atoms with E-state index in [1.54, 1.807) is 66.7 Å². The molecule has 1 aliphatic heterocycles. The van der Waals surface area contributed by atoms with Crippen LogP contribution in [0.4, 0.5) is 0 Å². The Morgan fingerprint density at radius 2 is 1.07 bits per heavy atom. The molecule has 0 bridgehead atoms. The van der Waals surface area contributed by atoms with Gasteiger partial charge in [-0.2, -0.15) is 0 Å². The van der Waals surface area contributed by atoms with Crippen molar-refractivity contribution in [3.8, 4) is 5.75 Å². The van der Waals surface area contributed by atoms with E-state index in [2.05, 4.69) is 0 Å². The third kappa shape index (κ3) is 11.3. The highest BCUT2D eigenvalue weighted by atomic mass is 16.6. The monoisotopic (exact) mass is 638 g/mol. The van der Waals surface area contributed by atoms with Crippen LogP contribution in [0.5, 0.6) is 5.75 Å². The molecule has 0 spiro atoms. The van der Waals surface area contributed by atoms with Gasteiger partial charge in [-0.25, -0.2) is 9.59 Å². The van der Waals surface area contributed by atoms with Gasteiger partial charge in [0.2, 0.25) is 0 Å². The summed E-state index contributed by atoms with van der Waals surface area (Å²) in [6.45, 7) is 8.03. The number of carbonyl (C=O) groups is 5.